The van der Waals surface area contributed by atoms with Crippen molar-refractivity contribution in [1.29, 1.82) is 0 Å². The average molecular weight is 1150 g/mol. The molecule has 3 aromatic carbocycles. The van der Waals surface area contributed by atoms with Crippen molar-refractivity contribution < 1.29 is 84.7 Å². The first kappa shape index (κ1) is 59.7. The van der Waals surface area contributed by atoms with E-state index in [0.717, 1.165) is 41.6 Å². The monoisotopic (exact) mass is 1150 g/mol. The molecule has 0 bridgehead atoms. The molecule has 26 heteroatoms. The highest BCUT2D eigenvalue weighted by Crippen LogP contribution is 2.34. The molecule has 10 rings (SSSR count). The van der Waals surface area contributed by atoms with Gasteiger partial charge in [0.2, 0.25) is 0 Å². The van der Waals surface area contributed by atoms with Gasteiger partial charge in [0.25, 0.3) is 11.8 Å². The molecule has 436 valence electrons. The number of cyclic esters (lactones) is 3. The number of amides is 4. The lowest BCUT2D eigenvalue weighted by Crippen LogP contribution is -2.42. The number of aromatic nitrogens is 1. The van der Waals surface area contributed by atoms with E-state index in [1.54, 1.807) is 24.3 Å². The van der Waals surface area contributed by atoms with E-state index in [1.807, 2.05) is 21.6 Å². The molecule has 4 atom stereocenters. The normalized spacial score (nSPS) is 20.4. The smallest absolute Gasteiger partial charge is 0.414 e. The topological polar surface area (TPSA) is 234 Å². The maximum atomic E-state index is 14.9. The van der Waals surface area contributed by atoms with Gasteiger partial charge < -0.3 is 62.7 Å². The third-order valence-corrected chi connectivity index (χ3v) is 14.9. The first-order valence-corrected chi connectivity index (χ1v) is 27.6. The van der Waals surface area contributed by atoms with Crippen LogP contribution in [0.15, 0.2) is 71.5 Å². The summed E-state index contributed by atoms with van der Waals surface area (Å²) < 4.78 is 89.7. The Balaban J connectivity index is 0.000000163. The summed E-state index contributed by atoms with van der Waals surface area (Å²) in [6.07, 6.45) is 0.139. The molecule has 6 aliphatic rings. The molecule has 6 aliphatic heterocycles. The minimum atomic E-state index is -1.53. The molecular formula is C55H63F4N7O14S. The maximum absolute atomic E-state index is 14.9. The summed E-state index contributed by atoms with van der Waals surface area (Å²) in [6, 6.07) is 13.2. The predicted molar refractivity (Wildman–Crippen MR) is 289 cm³/mol. The lowest BCUT2D eigenvalue weighted by Gasteiger charge is -2.29. The molecule has 5 fully saturated rings. The number of morpholine rings is 1. The van der Waals surface area contributed by atoms with Gasteiger partial charge in [-0.3, -0.25) is 19.5 Å². The van der Waals surface area contributed by atoms with Crippen molar-refractivity contribution in [2.45, 2.75) is 70.4 Å². The Bertz CT molecular complexity index is 2800. The second-order valence-corrected chi connectivity index (χ2v) is 20.9. The summed E-state index contributed by atoms with van der Waals surface area (Å²) >= 11 is 1.87. The molecule has 81 heavy (non-hydrogen) atoms. The van der Waals surface area contributed by atoms with Crippen LogP contribution in [0, 0.1) is 23.3 Å². The molecule has 21 nitrogen and oxygen atoms in total. The molecule has 1 aromatic heterocycles. The van der Waals surface area contributed by atoms with Crippen molar-refractivity contribution in [3.05, 3.63) is 95.8 Å². The molecule has 4 aromatic rings. The molecule has 0 saturated carbocycles. The summed E-state index contributed by atoms with van der Waals surface area (Å²) in [5.41, 5.74) is 2.19. The van der Waals surface area contributed by atoms with Crippen LogP contribution in [-0.2, 0) is 33.3 Å². The highest BCUT2D eigenvalue weighted by molar-refractivity contribution is 7.99. The van der Waals surface area contributed by atoms with Gasteiger partial charge in [0.05, 0.1) is 67.9 Å². The van der Waals surface area contributed by atoms with E-state index < -0.39 is 54.6 Å². The number of hydrogen-bond acceptors (Lipinski definition) is 18. The number of benzene rings is 3. The van der Waals surface area contributed by atoms with Crippen molar-refractivity contribution >= 4 is 81.5 Å². The number of ketones is 2. The summed E-state index contributed by atoms with van der Waals surface area (Å²) in [7, 11) is 0. The van der Waals surface area contributed by atoms with Gasteiger partial charge in [-0.2, -0.15) is 11.8 Å². The third-order valence-electron chi connectivity index (χ3n) is 13.9. The minimum Gasteiger partial charge on any atom is -0.471 e. The predicted octanol–water partition coefficient (Wildman–Crippen LogP) is 6.76. The van der Waals surface area contributed by atoms with Crippen molar-refractivity contribution in [3.63, 3.8) is 0 Å². The van der Waals surface area contributed by atoms with Crippen LogP contribution >= 0.6 is 11.8 Å². The van der Waals surface area contributed by atoms with E-state index in [4.69, 9.17) is 28.8 Å². The Morgan fingerprint density at radius 3 is 1.68 bits per heavy atom. The highest BCUT2D eigenvalue weighted by atomic mass is 32.2. The van der Waals surface area contributed by atoms with Crippen LogP contribution < -0.4 is 29.2 Å². The van der Waals surface area contributed by atoms with Gasteiger partial charge in [-0.1, -0.05) is 6.08 Å². The fraction of sp³-hybridized carbons (Fsp3) is 0.473. The first-order chi connectivity index (χ1) is 39.0. The average Bonchev–Trinajstić information content (AvgIpc) is 4.37. The van der Waals surface area contributed by atoms with Crippen molar-refractivity contribution in [3.8, 4) is 5.88 Å². The zero-order valence-corrected chi connectivity index (χ0v) is 45.5. The van der Waals surface area contributed by atoms with E-state index in [9.17, 15) is 51.4 Å². The highest BCUT2D eigenvalue weighted by Gasteiger charge is 2.37. The minimum absolute atomic E-state index is 0.00182. The molecule has 5 saturated heterocycles. The van der Waals surface area contributed by atoms with Gasteiger partial charge >= 0.3 is 18.3 Å². The number of anilines is 5. The second kappa shape index (κ2) is 27.8. The standard InChI is InChI=1S/C21H21F2N3O7.C17H21FN2O4.C17H21FN2O3S/c22-15-7-13(26-9-14(33-21(26)30)11-31-18-3-6-32-24-18)8-16(23)19(15)12-1-4-25(5-2-12)20(29)17(28)10-27;1-12(21)2-4-14-11-20(17(22)24-14)13-3-5-16(15(18)10-13)19-6-8-23-9-7-19;1-12(21)2-4-14-11-20(17(22)23-14)13-3-5-16(15(18)10-13)19-6-8-24-9-7-19/h1,3,6-8,14,17,27-28H,2,4-5,9-11H2;2*3,5,10,14H,2,4,6-9,11H2,1H3/t14-,17+;2*14-/m100/s1. The number of rotatable bonds is 17. The number of carbonyl (C=O) groups is 6. The molecule has 0 aliphatic carbocycles. The number of thioether (sulfide) groups is 1. The quantitative estimate of drug-likeness (QED) is 0.0821. The van der Waals surface area contributed by atoms with Gasteiger partial charge in [-0.15, -0.1) is 0 Å². The van der Waals surface area contributed by atoms with Gasteiger partial charge in [-0.05, 0) is 92.4 Å². The van der Waals surface area contributed by atoms with Crippen molar-refractivity contribution in [2.75, 3.05) is 121 Å². The van der Waals surface area contributed by atoms with Gasteiger partial charge in [0.15, 0.2) is 12.2 Å². The zero-order chi connectivity index (χ0) is 57.7. The molecule has 0 radical (unpaired) electrons. The molecule has 0 spiro atoms. The zero-order valence-electron chi connectivity index (χ0n) is 44.6. The summed E-state index contributed by atoms with van der Waals surface area (Å²) in [5, 5.41) is 21.9. The van der Waals surface area contributed by atoms with Crippen molar-refractivity contribution in [2.24, 2.45) is 0 Å². The lowest BCUT2D eigenvalue weighted by atomic mass is 9.97. The molecule has 2 N–H and O–H groups in total. The van der Waals surface area contributed by atoms with Crippen LogP contribution in [0.4, 0.5) is 60.4 Å². The Morgan fingerprint density at radius 1 is 0.691 bits per heavy atom. The first-order valence-electron chi connectivity index (χ1n) is 26.4. The van der Waals surface area contributed by atoms with Crippen LogP contribution in [0.25, 0.3) is 5.57 Å². The SMILES string of the molecule is CC(=O)CC[C@H]1CN(c2ccc(N3CCOCC3)c(F)c2)C(=O)O1.CC(=O)CC[C@H]1CN(c2ccc(N3CCSCC3)c(F)c2)C(=O)O1.O=C([C@@H](O)CO)N1CC=C(c2c(F)cc(N3C[C@H](COc4ccon4)OC3=O)cc2F)CC1. The summed E-state index contributed by atoms with van der Waals surface area (Å²) in [4.78, 5) is 79.5. The summed E-state index contributed by atoms with van der Waals surface area (Å²) in [5.74, 6) is -0.715. The van der Waals surface area contributed by atoms with E-state index in [0.29, 0.717) is 93.4 Å². The fourth-order valence-electron chi connectivity index (χ4n) is 9.62. The number of aliphatic hydroxyl groups excluding tert-OH is 2. The number of halogens is 4. The number of nitrogens with zero attached hydrogens (tertiary/aromatic N) is 7. The van der Waals surface area contributed by atoms with Crippen LogP contribution in [0.3, 0.4) is 0 Å². The third kappa shape index (κ3) is 15.5. The van der Waals surface area contributed by atoms with Gasteiger partial charge in [-0.25, -0.2) is 31.9 Å². The Morgan fingerprint density at radius 2 is 1.20 bits per heavy atom. The Kier molecular flexibility index (Phi) is 20.5. The fourth-order valence-corrected chi connectivity index (χ4v) is 10.5. The number of ether oxygens (including phenoxy) is 5. The lowest BCUT2D eigenvalue weighted by molar-refractivity contribution is -0.141. The van der Waals surface area contributed by atoms with E-state index in [2.05, 4.69) is 9.68 Å². The van der Waals surface area contributed by atoms with Crippen molar-refractivity contribution in [1.82, 2.24) is 10.1 Å². The Labute approximate surface area is 468 Å². The van der Waals surface area contributed by atoms with Gasteiger partial charge in [0.1, 0.15) is 59.9 Å². The number of Topliss-reactive ketones (excluding diaryl/α,β-unsaturated/α-hetero) is 2. The molecule has 4 amide bonds. The largest absolute Gasteiger partial charge is 0.471 e. The van der Waals surface area contributed by atoms with E-state index in [1.165, 1.54) is 59.1 Å². The number of aliphatic hydroxyl groups is 2. The number of hydrogen-bond donors (Lipinski definition) is 2. The van der Waals surface area contributed by atoms with Crippen LogP contribution in [0.2, 0.25) is 0 Å². The molecular weight excluding hydrogens is 1090 g/mol. The van der Waals surface area contributed by atoms with Gasteiger partial charge in [0, 0.05) is 75.2 Å². The maximum Gasteiger partial charge on any atom is 0.414 e. The van der Waals surface area contributed by atoms with E-state index in [-0.39, 0.29) is 85.2 Å². The van der Waals surface area contributed by atoms with Crippen LogP contribution in [0.5, 0.6) is 5.88 Å². The van der Waals surface area contributed by atoms with E-state index >= 15 is 0 Å². The number of carbonyl (C=O) groups excluding carboxylic acids is 6. The summed E-state index contributed by atoms with van der Waals surface area (Å²) in [6.45, 7) is 7.32. The second-order valence-electron chi connectivity index (χ2n) is 19.7. The molecule has 0 unspecified atom stereocenters. The molecule has 7 heterocycles. The van der Waals surface area contributed by atoms with Crippen LogP contribution in [0.1, 0.15) is 51.5 Å². The van der Waals surface area contributed by atoms with Crippen LogP contribution in [-0.4, -0.2) is 177 Å². The Hall–Kier alpha value is -7.42.